The Balaban J connectivity index is 3.95. The van der Waals surface area contributed by atoms with Crippen LogP contribution in [0.1, 0.15) is 12.8 Å². The van der Waals surface area contributed by atoms with Gasteiger partial charge in [-0.05, 0) is 6.42 Å². The number of aliphatic carboxylic acids is 1. The fraction of sp³-hybridized carbons (Fsp3) is 0.556. The number of rotatable bonds is 7. The van der Waals surface area contributed by atoms with Crippen molar-refractivity contribution in [3.8, 4) is 0 Å². The molecule has 1 unspecified atom stereocenters. The van der Waals surface area contributed by atoms with E-state index in [1.54, 1.807) is 6.08 Å². The lowest BCUT2D eigenvalue weighted by molar-refractivity contribution is -0.143. The molecule has 5 nitrogen and oxygen atoms in total. The van der Waals surface area contributed by atoms with Crippen molar-refractivity contribution in [1.82, 2.24) is 5.32 Å². The number of carboxylic acids is 1. The Morgan fingerprint density at radius 2 is 2.29 bits per heavy atom. The highest BCUT2D eigenvalue weighted by Gasteiger charge is 2.18. The molecule has 1 amide bonds. The first-order chi connectivity index (χ1) is 6.61. The Morgan fingerprint density at radius 1 is 1.64 bits per heavy atom. The third kappa shape index (κ3) is 5.31. The molecule has 0 aromatic heterocycles. The maximum atomic E-state index is 11.1. The Labute approximate surface area is 82.7 Å². The molecule has 0 heterocycles. The Hall–Kier alpha value is -1.36. The minimum absolute atomic E-state index is 0.0326. The average molecular weight is 201 g/mol. The number of carbonyl (C=O) groups excluding carboxylic acids is 1. The fourth-order valence-corrected chi connectivity index (χ4v) is 0.841. The maximum absolute atomic E-state index is 11.1. The molecule has 0 aromatic rings. The number of carboxylic acid groups (broad SMARTS) is 1. The first-order valence-electron chi connectivity index (χ1n) is 4.23. The second kappa shape index (κ2) is 7.08. The van der Waals surface area contributed by atoms with Crippen LogP contribution >= 0.6 is 0 Å². The van der Waals surface area contributed by atoms with Crippen molar-refractivity contribution in [3.63, 3.8) is 0 Å². The van der Waals surface area contributed by atoms with E-state index in [1.165, 1.54) is 7.11 Å². The molecule has 0 aliphatic rings. The second-order valence-corrected chi connectivity index (χ2v) is 2.74. The van der Waals surface area contributed by atoms with Gasteiger partial charge in [0.2, 0.25) is 5.91 Å². The normalized spacial score (nSPS) is 11.8. The highest BCUT2D eigenvalue weighted by Crippen LogP contribution is 1.92. The fourth-order valence-electron chi connectivity index (χ4n) is 0.841. The van der Waals surface area contributed by atoms with Gasteiger partial charge in [0.1, 0.15) is 0 Å². The lowest BCUT2D eigenvalue weighted by Gasteiger charge is -2.12. The van der Waals surface area contributed by atoms with Crippen molar-refractivity contribution < 1.29 is 19.4 Å². The number of allylic oxidation sites excluding steroid dienone is 1. The van der Waals surface area contributed by atoms with Crippen LogP contribution in [0.2, 0.25) is 0 Å². The summed E-state index contributed by atoms with van der Waals surface area (Å²) >= 11 is 0. The molecular weight excluding hydrogens is 186 g/mol. The summed E-state index contributed by atoms with van der Waals surface area (Å²) in [5.74, 6) is -1.41. The van der Waals surface area contributed by atoms with E-state index in [-0.39, 0.29) is 18.9 Å². The topological polar surface area (TPSA) is 75.6 Å². The van der Waals surface area contributed by atoms with Crippen LogP contribution in [0.15, 0.2) is 12.7 Å². The summed E-state index contributed by atoms with van der Waals surface area (Å²) in [6.07, 6.45) is 2.38. The van der Waals surface area contributed by atoms with Crippen molar-refractivity contribution in [3.05, 3.63) is 12.7 Å². The van der Waals surface area contributed by atoms with Crippen LogP contribution in [0.5, 0.6) is 0 Å². The zero-order valence-corrected chi connectivity index (χ0v) is 8.16. The standard InChI is InChI=1S/C9H15NO4/c1-3-4-5-8(11)10-7(6-14-2)9(12)13/h3,7H,1,4-6H2,2H3,(H,10,11)(H,12,13). The first-order valence-corrected chi connectivity index (χ1v) is 4.23. The summed E-state index contributed by atoms with van der Waals surface area (Å²) in [6.45, 7) is 3.43. The molecule has 0 spiro atoms. The van der Waals surface area contributed by atoms with E-state index in [4.69, 9.17) is 5.11 Å². The zero-order chi connectivity index (χ0) is 11.0. The van der Waals surface area contributed by atoms with Gasteiger partial charge in [-0.25, -0.2) is 4.79 Å². The number of methoxy groups -OCH3 is 1. The van der Waals surface area contributed by atoms with E-state index in [1.807, 2.05) is 0 Å². The van der Waals surface area contributed by atoms with Gasteiger partial charge in [0, 0.05) is 13.5 Å². The molecule has 0 bridgehead atoms. The van der Waals surface area contributed by atoms with E-state index in [9.17, 15) is 9.59 Å². The summed E-state index contributed by atoms with van der Waals surface area (Å²) in [7, 11) is 1.38. The third-order valence-electron chi connectivity index (χ3n) is 1.54. The molecule has 0 aliphatic heterocycles. The minimum atomic E-state index is -1.10. The van der Waals surface area contributed by atoms with Crippen molar-refractivity contribution in [1.29, 1.82) is 0 Å². The van der Waals surface area contributed by atoms with E-state index >= 15 is 0 Å². The largest absolute Gasteiger partial charge is 0.480 e. The van der Waals surface area contributed by atoms with Gasteiger partial charge < -0.3 is 15.2 Å². The third-order valence-corrected chi connectivity index (χ3v) is 1.54. The monoisotopic (exact) mass is 201 g/mol. The predicted molar refractivity (Wildman–Crippen MR) is 50.9 cm³/mol. The van der Waals surface area contributed by atoms with Gasteiger partial charge in [-0.1, -0.05) is 6.08 Å². The van der Waals surface area contributed by atoms with Crippen LogP contribution in [0.25, 0.3) is 0 Å². The van der Waals surface area contributed by atoms with Crippen molar-refractivity contribution in [2.75, 3.05) is 13.7 Å². The summed E-state index contributed by atoms with van der Waals surface area (Å²) in [5.41, 5.74) is 0. The maximum Gasteiger partial charge on any atom is 0.328 e. The Kier molecular flexibility index (Phi) is 6.39. The predicted octanol–water partition coefficient (Wildman–Crippen LogP) is 0.168. The zero-order valence-electron chi connectivity index (χ0n) is 8.16. The van der Waals surface area contributed by atoms with Crippen LogP contribution in [0.4, 0.5) is 0 Å². The second-order valence-electron chi connectivity index (χ2n) is 2.74. The van der Waals surface area contributed by atoms with E-state index in [0.29, 0.717) is 6.42 Å². The molecule has 0 aliphatic carbocycles. The summed E-state index contributed by atoms with van der Waals surface area (Å²) in [5, 5.41) is 11.0. The number of ether oxygens (including phenoxy) is 1. The van der Waals surface area contributed by atoms with Crippen LogP contribution in [0.3, 0.4) is 0 Å². The van der Waals surface area contributed by atoms with Crippen LogP contribution in [-0.2, 0) is 14.3 Å². The molecule has 0 radical (unpaired) electrons. The molecule has 0 aromatic carbocycles. The molecule has 0 fully saturated rings. The Morgan fingerprint density at radius 3 is 2.71 bits per heavy atom. The molecular formula is C9H15NO4. The van der Waals surface area contributed by atoms with Gasteiger partial charge >= 0.3 is 5.97 Å². The van der Waals surface area contributed by atoms with E-state index in [2.05, 4.69) is 16.6 Å². The molecule has 0 saturated carbocycles. The minimum Gasteiger partial charge on any atom is -0.480 e. The summed E-state index contributed by atoms with van der Waals surface area (Å²) in [6, 6.07) is -0.975. The number of carbonyl (C=O) groups is 2. The molecule has 2 N–H and O–H groups in total. The highest BCUT2D eigenvalue weighted by atomic mass is 16.5. The van der Waals surface area contributed by atoms with Crippen LogP contribution < -0.4 is 5.32 Å². The van der Waals surface area contributed by atoms with E-state index in [0.717, 1.165) is 0 Å². The van der Waals surface area contributed by atoms with Crippen molar-refractivity contribution in [2.45, 2.75) is 18.9 Å². The van der Waals surface area contributed by atoms with Gasteiger partial charge in [-0.15, -0.1) is 6.58 Å². The SMILES string of the molecule is C=CCCC(=O)NC(COC)C(=O)O. The highest BCUT2D eigenvalue weighted by molar-refractivity contribution is 5.83. The summed E-state index contributed by atoms with van der Waals surface area (Å²) in [4.78, 5) is 21.7. The van der Waals surface area contributed by atoms with Gasteiger partial charge in [0.25, 0.3) is 0 Å². The number of nitrogens with one attached hydrogen (secondary N) is 1. The first kappa shape index (κ1) is 12.6. The molecule has 0 saturated heterocycles. The molecule has 0 rings (SSSR count). The van der Waals surface area contributed by atoms with Gasteiger partial charge in [-0.3, -0.25) is 4.79 Å². The smallest absolute Gasteiger partial charge is 0.328 e. The van der Waals surface area contributed by atoms with Crippen molar-refractivity contribution >= 4 is 11.9 Å². The van der Waals surface area contributed by atoms with E-state index < -0.39 is 12.0 Å². The quantitative estimate of drug-likeness (QED) is 0.576. The molecule has 80 valence electrons. The van der Waals surface area contributed by atoms with Gasteiger partial charge in [0.05, 0.1) is 6.61 Å². The Bertz CT molecular complexity index is 215. The van der Waals surface area contributed by atoms with Crippen LogP contribution in [0, 0.1) is 0 Å². The van der Waals surface area contributed by atoms with Gasteiger partial charge in [-0.2, -0.15) is 0 Å². The number of amides is 1. The number of hydrogen-bond donors (Lipinski definition) is 2. The molecule has 5 heteroatoms. The summed E-state index contributed by atoms with van der Waals surface area (Å²) < 4.78 is 4.65. The van der Waals surface area contributed by atoms with Crippen molar-refractivity contribution in [2.24, 2.45) is 0 Å². The van der Waals surface area contributed by atoms with Gasteiger partial charge in [0.15, 0.2) is 6.04 Å². The number of hydrogen-bond acceptors (Lipinski definition) is 3. The lowest BCUT2D eigenvalue weighted by atomic mass is 10.2. The van der Waals surface area contributed by atoms with Crippen LogP contribution in [-0.4, -0.2) is 36.7 Å². The lowest BCUT2D eigenvalue weighted by Crippen LogP contribution is -2.43. The molecule has 1 atom stereocenters. The molecule has 14 heavy (non-hydrogen) atoms. The average Bonchev–Trinajstić information content (AvgIpc) is 2.14.